The van der Waals surface area contributed by atoms with Crippen LogP contribution in [0.5, 0.6) is 0 Å². The smallest absolute Gasteiger partial charge is 0.411 e. The minimum absolute atomic E-state index is 0.0837. The fourth-order valence-corrected chi connectivity index (χ4v) is 5.57. The Labute approximate surface area is 218 Å². The van der Waals surface area contributed by atoms with Gasteiger partial charge in [-0.3, -0.25) is 14.9 Å². The molecule has 2 aromatic rings. The number of nitrogens with one attached hydrogen (secondary N) is 1. The monoisotopic (exact) mass is 507 g/mol. The van der Waals surface area contributed by atoms with Crippen molar-refractivity contribution in [2.75, 3.05) is 38.5 Å². The van der Waals surface area contributed by atoms with Gasteiger partial charge in [0.25, 0.3) is 0 Å². The average Bonchev–Trinajstić information content (AvgIpc) is 3.43. The molecule has 3 atom stereocenters. The van der Waals surface area contributed by atoms with Crippen molar-refractivity contribution >= 4 is 23.7 Å². The maximum atomic E-state index is 12.7. The highest BCUT2D eigenvalue weighted by molar-refractivity contribution is 5.91. The van der Waals surface area contributed by atoms with Crippen LogP contribution in [-0.2, 0) is 14.3 Å². The molecule has 2 N–H and O–H groups in total. The zero-order valence-electron chi connectivity index (χ0n) is 21.5. The Morgan fingerprint density at radius 2 is 1.65 bits per heavy atom. The number of nitrogens with zero attached hydrogens (tertiary/aromatic N) is 2. The molecule has 0 radical (unpaired) electrons. The Kier molecular flexibility index (Phi) is 9.17. The zero-order valence-corrected chi connectivity index (χ0v) is 21.5. The van der Waals surface area contributed by atoms with E-state index in [-0.39, 0.29) is 18.4 Å². The van der Waals surface area contributed by atoms with Gasteiger partial charge in [0.15, 0.2) is 0 Å². The van der Waals surface area contributed by atoms with Crippen LogP contribution in [0, 0.1) is 11.8 Å². The summed E-state index contributed by atoms with van der Waals surface area (Å²) >= 11 is 0. The van der Waals surface area contributed by atoms with E-state index in [1.165, 1.54) is 0 Å². The van der Waals surface area contributed by atoms with Crippen molar-refractivity contribution in [3.8, 4) is 11.1 Å². The Morgan fingerprint density at radius 3 is 2.35 bits per heavy atom. The van der Waals surface area contributed by atoms with Gasteiger partial charge in [0.2, 0.25) is 5.91 Å². The van der Waals surface area contributed by atoms with E-state index in [1.807, 2.05) is 54.6 Å². The van der Waals surface area contributed by atoms with Gasteiger partial charge in [-0.25, -0.2) is 4.79 Å². The van der Waals surface area contributed by atoms with Crippen molar-refractivity contribution in [1.82, 2.24) is 9.80 Å². The molecule has 1 aliphatic heterocycles. The van der Waals surface area contributed by atoms with E-state index in [0.717, 1.165) is 49.3 Å². The van der Waals surface area contributed by atoms with Crippen LogP contribution in [0.1, 0.15) is 38.5 Å². The molecule has 4 rings (SSSR count). The summed E-state index contributed by atoms with van der Waals surface area (Å²) in [6.07, 6.45) is 3.11. The highest BCUT2D eigenvalue weighted by atomic mass is 16.6. The molecule has 0 aromatic heterocycles. The molecule has 2 aromatic carbocycles. The molecule has 0 unspecified atom stereocenters. The van der Waals surface area contributed by atoms with Gasteiger partial charge in [0, 0.05) is 51.6 Å². The van der Waals surface area contributed by atoms with Crippen molar-refractivity contribution < 1.29 is 24.2 Å². The van der Waals surface area contributed by atoms with Gasteiger partial charge in [-0.05, 0) is 49.1 Å². The molecule has 0 spiro atoms. The highest BCUT2D eigenvalue weighted by Crippen LogP contribution is 2.39. The number of rotatable bonds is 11. The topological polar surface area (TPSA) is 99.2 Å². The zero-order chi connectivity index (χ0) is 26.2. The number of carbonyl (C=O) groups is 3. The lowest BCUT2D eigenvalue weighted by atomic mass is 10.0. The first-order chi connectivity index (χ1) is 17.9. The molecular weight excluding hydrogens is 470 g/mol. The van der Waals surface area contributed by atoms with E-state index in [9.17, 15) is 14.4 Å². The SMILES string of the molecule is CN(CCCCC(=O)O)C(=O)CCN1C[C@H]2C[C@@H](OC(=O)Nc3ccccc3-c3ccccc3)C[C@H]2C1. The Balaban J connectivity index is 1.17. The molecule has 198 valence electrons. The maximum Gasteiger partial charge on any atom is 0.411 e. The number of carbonyl (C=O) groups excluding carboxylic acids is 2. The first-order valence-electron chi connectivity index (χ1n) is 13.2. The number of benzene rings is 2. The van der Waals surface area contributed by atoms with E-state index in [4.69, 9.17) is 9.84 Å². The summed E-state index contributed by atoms with van der Waals surface area (Å²) in [7, 11) is 1.78. The van der Waals surface area contributed by atoms with Crippen molar-refractivity contribution in [3.63, 3.8) is 0 Å². The van der Waals surface area contributed by atoms with E-state index < -0.39 is 12.1 Å². The Morgan fingerprint density at radius 1 is 0.973 bits per heavy atom. The second kappa shape index (κ2) is 12.7. The molecule has 1 saturated heterocycles. The first kappa shape index (κ1) is 26.7. The fraction of sp³-hybridized carbons (Fsp3) is 0.483. The van der Waals surface area contributed by atoms with Gasteiger partial charge in [-0.15, -0.1) is 0 Å². The molecule has 1 heterocycles. The van der Waals surface area contributed by atoms with Crippen LogP contribution in [0.25, 0.3) is 11.1 Å². The molecule has 2 fully saturated rings. The van der Waals surface area contributed by atoms with Crippen molar-refractivity contribution in [3.05, 3.63) is 54.6 Å². The number of amides is 2. The number of aliphatic carboxylic acids is 1. The number of likely N-dealkylation sites (tertiary alicyclic amines) is 1. The molecule has 8 nitrogen and oxygen atoms in total. The summed E-state index contributed by atoms with van der Waals surface area (Å²) in [5.41, 5.74) is 2.73. The fourth-order valence-electron chi connectivity index (χ4n) is 5.57. The number of fused-ring (bicyclic) bond motifs is 1. The van der Waals surface area contributed by atoms with Crippen LogP contribution < -0.4 is 5.32 Å². The van der Waals surface area contributed by atoms with Gasteiger partial charge in [0.1, 0.15) is 6.10 Å². The number of ether oxygens (including phenoxy) is 1. The van der Waals surface area contributed by atoms with Crippen molar-refractivity contribution in [2.45, 2.75) is 44.6 Å². The minimum Gasteiger partial charge on any atom is -0.481 e. The third kappa shape index (κ3) is 7.55. The molecule has 8 heteroatoms. The third-order valence-electron chi connectivity index (χ3n) is 7.51. The largest absolute Gasteiger partial charge is 0.481 e. The lowest BCUT2D eigenvalue weighted by Crippen LogP contribution is -2.33. The number of carboxylic acids is 1. The van der Waals surface area contributed by atoms with Crippen LogP contribution >= 0.6 is 0 Å². The van der Waals surface area contributed by atoms with Crippen LogP contribution in [0.2, 0.25) is 0 Å². The quantitative estimate of drug-likeness (QED) is 0.427. The van der Waals surface area contributed by atoms with Gasteiger partial charge in [-0.1, -0.05) is 48.5 Å². The van der Waals surface area contributed by atoms with Crippen LogP contribution in [0.15, 0.2) is 54.6 Å². The second-order valence-corrected chi connectivity index (χ2v) is 10.2. The lowest BCUT2D eigenvalue weighted by Gasteiger charge is -2.21. The Bertz CT molecular complexity index is 1060. The predicted molar refractivity (Wildman–Crippen MR) is 142 cm³/mol. The molecule has 1 aliphatic carbocycles. The van der Waals surface area contributed by atoms with E-state index in [0.29, 0.717) is 37.6 Å². The number of hydrogen-bond acceptors (Lipinski definition) is 5. The molecule has 0 bridgehead atoms. The van der Waals surface area contributed by atoms with Crippen molar-refractivity contribution in [2.24, 2.45) is 11.8 Å². The average molecular weight is 508 g/mol. The molecule has 2 amide bonds. The summed E-state index contributed by atoms with van der Waals surface area (Å²) in [4.78, 5) is 39.8. The summed E-state index contributed by atoms with van der Waals surface area (Å²) in [6.45, 7) is 3.18. The lowest BCUT2D eigenvalue weighted by molar-refractivity contribution is -0.137. The summed E-state index contributed by atoms with van der Waals surface area (Å²) < 4.78 is 5.80. The van der Waals surface area contributed by atoms with Crippen molar-refractivity contribution in [1.29, 1.82) is 0 Å². The normalized spacial score (nSPS) is 20.8. The number of hydrogen-bond donors (Lipinski definition) is 2. The maximum absolute atomic E-state index is 12.7. The minimum atomic E-state index is -0.796. The highest BCUT2D eigenvalue weighted by Gasteiger charge is 2.42. The summed E-state index contributed by atoms with van der Waals surface area (Å²) in [5.74, 6) is 0.271. The van der Waals surface area contributed by atoms with E-state index in [1.54, 1.807) is 11.9 Å². The van der Waals surface area contributed by atoms with Gasteiger partial charge < -0.3 is 19.6 Å². The van der Waals surface area contributed by atoms with Gasteiger partial charge >= 0.3 is 12.1 Å². The molecule has 1 saturated carbocycles. The molecule has 37 heavy (non-hydrogen) atoms. The molecular formula is C29H37N3O5. The second-order valence-electron chi connectivity index (χ2n) is 10.2. The summed E-state index contributed by atoms with van der Waals surface area (Å²) in [5, 5.41) is 11.7. The Hall–Kier alpha value is -3.39. The van der Waals surface area contributed by atoms with Gasteiger partial charge in [0.05, 0.1) is 5.69 Å². The van der Waals surface area contributed by atoms with Crippen LogP contribution in [-0.4, -0.2) is 72.2 Å². The number of unbranched alkanes of at least 4 members (excludes halogenated alkanes) is 1. The number of anilines is 1. The van der Waals surface area contributed by atoms with Crippen LogP contribution in [0.3, 0.4) is 0 Å². The van der Waals surface area contributed by atoms with Gasteiger partial charge in [-0.2, -0.15) is 0 Å². The predicted octanol–water partition coefficient (Wildman–Crippen LogP) is 4.72. The van der Waals surface area contributed by atoms with E-state index in [2.05, 4.69) is 10.2 Å². The standard InChI is InChI=1S/C29H37N3O5/c1-31(15-8-7-13-28(34)35)27(33)14-16-32-19-22-17-24(18-23(22)20-32)37-29(36)30-26-12-6-5-11-25(26)21-9-3-2-4-10-21/h2-6,9-12,22-24H,7-8,13-20H2,1H3,(H,30,36)(H,34,35)/t22-,23+,24-. The summed E-state index contributed by atoms with van der Waals surface area (Å²) in [6, 6.07) is 17.7. The third-order valence-corrected chi connectivity index (χ3v) is 7.51. The van der Waals surface area contributed by atoms with E-state index >= 15 is 0 Å². The first-order valence-corrected chi connectivity index (χ1v) is 13.2. The molecule has 2 aliphatic rings. The number of para-hydroxylation sites is 1. The number of carboxylic acid groups (broad SMARTS) is 1. The van der Waals surface area contributed by atoms with Crippen LogP contribution in [0.4, 0.5) is 10.5 Å².